The van der Waals surface area contributed by atoms with Gasteiger partial charge in [-0.2, -0.15) is 0 Å². The minimum atomic E-state index is -0.947. The number of aryl methyl sites for hydroxylation is 2. The third-order valence-corrected chi connectivity index (χ3v) is 9.82. The molecule has 2 heterocycles. The first-order valence-electron chi connectivity index (χ1n) is 17.5. The third-order valence-electron chi connectivity index (χ3n) is 9.82. The van der Waals surface area contributed by atoms with E-state index in [1.807, 2.05) is 65.6 Å². The lowest BCUT2D eigenvalue weighted by atomic mass is 9.88. The van der Waals surface area contributed by atoms with Gasteiger partial charge in [0.05, 0.1) is 12.1 Å². The number of hydrogen-bond acceptors (Lipinski definition) is 8. The van der Waals surface area contributed by atoms with Crippen molar-refractivity contribution in [2.45, 2.75) is 105 Å². The predicted molar refractivity (Wildman–Crippen MR) is 193 cm³/mol. The van der Waals surface area contributed by atoms with Crippen LogP contribution >= 0.6 is 0 Å². The topological polar surface area (TPSA) is 104 Å². The number of likely N-dealkylation sites (N-methyl/N-ethyl adjacent to an activating group) is 1. The molecule has 0 radical (unpaired) electrons. The zero-order valence-electron chi connectivity index (χ0n) is 30.7. The fourth-order valence-electron chi connectivity index (χ4n) is 6.91. The smallest absolute Gasteiger partial charge is 0.253 e. The zero-order chi connectivity index (χ0) is 35.2. The highest BCUT2D eigenvalue weighted by molar-refractivity contribution is 5.97. The summed E-state index contributed by atoms with van der Waals surface area (Å²) in [5.41, 5.74) is 4.92. The van der Waals surface area contributed by atoms with Crippen LogP contribution in [0.5, 0.6) is 0 Å². The molecule has 264 valence electrons. The molecular weight excluding hydrogens is 604 g/mol. The molecule has 0 bridgehead atoms. The Bertz CT molecular complexity index is 1520. The molecule has 10 nitrogen and oxygen atoms in total. The van der Waals surface area contributed by atoms with E-state index in [4.69, 9.17) is 4.74 Å². The van der Waals surface area contributed by atoms with E-state index < -0.39 is 12.0 Å². The maximum Gasteiger partial charge on any atom is 0.253 e. The Labute approximate surface area is 287 Å². The molecule has 2 fully saturated rings. The van der Waals surface area contributed by atoms with Gasteiger partial charge in [-0.05, 0) is 118 Å². The van der Waals surface area contributed by atoms with Crippen LogP contribution in [0.15, 0.2) is 23.0 Å². The van der Waals surface area contributed by atoms with Crippen molar-refractivity contribution in [3.63, 3.8) is 0 Å². The van der Waals surface area contributed by atoms with Crippen molar-refractivity contribution >= 4 is 11.6 Å². The molecule has 1 atom stereocenters. The number of piperazine rings is 1. The van der Waals surface area contributed by atoms with Gasteiger partial charge in [0, 0.05) is 79.4 Å². The number of benzene rings is 1. The quantitative estimate of drug-likeness (QED) is 0.259. The highest BCUT2D eigenvalue weighted by Gasteiger charge is 2.32. The Kier molecular flexibility index (Phi) is 12.9. The summed E-state index contributed by atoms with van der Waals surface area (Å²) < 4.78 is 5.82. The fourth-order valence-corrected chi connectivity index (χ4v) is 6.91. The van der Waals surface area contributed by atoms with Crippen molar-refractivity contribution < 1.29 is 14.6 Å². The predicted octanol–water partition coefficient (Wildman–Crippen LogP) is 3.99. The molecule has 1 aromatic carbocycles. The number of aliphatic hydroxyl groups excluding tert-OH is 1. The van der Waals surface area contributed by atoms with Crippen LogP contribution in [0.1, 0.15) is 91.7 Å². The SMILES string of the molecule is CCN(c1cc(C#CCN2CCN(C)CC2)cc(C(=O)NCc2c(C)cc(C)[nH]c2=O)c1C)C1CCC(N(C)C(O)OC(C)(C)C)CC1. The number of aromatic nitrogens is 1. The van der Waals surface area contributed by atoms with Gasteiger partial charge in [-0.25, -0.2) is 0 Å². The molecule has 1 saturated heterocycles. The van der Waals surface area contributed by atoms with Crippen LogP contribution in [0.4, 0.5) is 5.69 Å². The number of aliphatic hydroxyl groups is 1. The van der Waals surface area contributed by atoms with Gasteiger partial charge >= 0.3 is 0 Å². The third kappa shape index (κ3) is 9.93. The molecule has 1 saturated carbocycles. The number of nitrogens with zero attached hydrogens (tertiary/aromatic N) is 4. The summed E-state index contributed by atoms with van der Waals surface area (Å²) >= 11 is 0. The molecule has 0 spiro atoms. The molecule has 2 aromatic rings. The van der Waals surface area contributed by atoms with E-state index in [1.165, 1.54) is 0 Å². The molecule has 1 unspecified atom stereocenters. The van der Waals surface area contributed by atoms with E-state index in [0.29, 0.717) is 17.7 Å². The van der Waals surface area contributed by atoms with E-state index in [2.05, 4.69) is 56.9 Å². The van der Waals surface area contributed by atoms with Crippen LogP contribution in [0.25, 0.3) is 0 Å². The minimum Gasteiger partial charge on any atom is -0.369 e. The number of hydrogen-bond donors (Lipinski definition) is 3. The number of pyridine rings is 1. The normalized spacial score (nSPS) is 19.9. The van der Waals surface area contributed by atoms with Gasteiger partial charge in [-0.1, -0.05) is 11.8 Å². The molecule has 1 amide bonds. The molecule has 48 heavy (non-hydrogen) atoms. The van der Waals surface area contributed by atoms with Gasteiger partial charge in [0.25, 0.3) is 11.5 Å². The van der Waals surface area contributed by atoms with Crippen LogP contribution in [-0.4, -0.2) is 108 Å². The Morgan fingerprint density at radius 2 is 1.73 bits per heavy atom. The summed E-state index contributed by atoms with van der Waals surface area (Å²) in [6.45, 7) is 19.5. The summed E-state index contributed by atoms with van der Waals surface area (Å²) in [7, 11) is 4.08. The van der Waals surface area contributed by atoms with Gasteiger partial charge in [-0.15, -0.1) is 0 Å². The lowest BCUT2D eigenvalue weighted by Gasteiger charge is -2.42. The van der Waals surface area contributed by atoms with E-state index >= 15 is 0 Å². The maximum atomic E-state index is 13.8. The Morgan fingerprint density at radius 1 is 1.08 bits per heavy atom. The highest BCUT2D eigenvalue weighted by atomic mass is 16.6. The van der Waals surface area contributed by atoms with Crippen molar-refractivity contribution in [3.8, 4) is 11.8 Å². The molecule has 3 N–H and O–H groups in total. The van der Waals surface area contributed by atoms with Crippen molar-refractivity contribution in [3.05, 3.63) is 62.1 Å². The Balaban J connectivity index is 1.57. The first-order chi connectivity index (χ1) is 22.7. The van der Waals surface area contributed by atoms with E-state index in [-0.39, 0.29) is 30.1 Å². The van der Waals surface area contributed by atoms with Crippen LogP contribution < -0.4 is 15.8 Å². The highest BCUT2D eigenvalue weighted by Crippen LogP contribution is 2.34. The molecule has 10 heteroatoms. The summed E-state index contributed by atoms with van der Waals surface area (Å²) in [5, 5.41) is 13.7. The zero-order valence-corrected chi connectivity index (χ0v) is 30.7. The largest absolute Gasteiger partial charge is 0.369 e. The molecular formula is C38H58N6O4. The maximum absolute atomic E-state index is 13.8. The average Bonchev–Trinajstić information content (AvgIpc) is 3.02. The number of amides is 1. The number of rotatable bonds is 10. The van der Waals surface area contributed by atoms with Crippen LogP contribution in [0, 0.1) is 32.6 Å². The monoisotopic (exact) mass is 662 g/mol. The van der Waals surface area contributed by atoms with Crippen LogP contribution in [0.2, 0.25) is 0 Å². The second kappa shape index (κ2) is 16.5. The van der Waals surface area contributed by atoms with Gasteiger partial charge in [0.2, 0.25) is 6.41 Å². The minimum absolute atomic E-state index is 0.147. The van der Waals surface area contributed by atoms with Crippen molar-refractivity contribution in [1.82, 2.24) is 25.0 Å². The van der Waals surface area contributed by atoms with Crippen LogP contribution in [0.3, 0.4) is 0 Å². The first-order valence-corrected chi connectivity index (χ1v) is 17.5. The number of anilines is 1. The number of aromatic amines is 1. The molecule has 4 rings (SSSR count). The standard InChI is InChI=1S/C38H58N6O4/c1-10-44(31-15-13-30(14-16-31)42(9)37(47)48-38(5,6)7)34-24-29(12-11-17-43-20-18-41(8)19-21-43)23-32(28(34)4)35(45)39-25-33-26(2)22-27(3)40-36(33)46/h22-24,30-31,37,47H,10,13-21,25H2,1-9H3,(H,39,45)(H,40,46). The first kappa shape index (κ1) is 37.6. The number of H-pyrrole nitrogens is 1. The van der Waals surface area contributed by atoms with E-state index in [1.54, 1.807) is 0 Å². The summed E-state index contributed by atoms with van der Waals surface area (Å²) in [4.78, 5) is 38.4. The number of carbonyl (C=O) groups is 1. The van der Waals surface area contributed by atoms with E-state index in [9.17, 15) is 14.7 Å². The lowest BCUT2D eigenvalue weighted by molar-refractivity contribution is -0.243. The van der Waals surface area contributed by atoms with Gasteiger partial charge in [0.15, 0.2) is 0 Å². The lowest BCUT2D eigenvalue weighted by Crippen LogP contribution is -2.48. The van der Waals surface area contributed by atoms with Crippen LogP contribution in [-0.2, 0) is 11.3 Å². The Morgan fingerprint density at radius 3 is 2.33 bits per heavy atom. The number of carbonyl (C=O) groups excluding carboxylic acids is 1. The average molecular weight is 663 g/mol. The summed E-state index contributed by atoms with van der Waals surface area (Å²) in [6, 6.07) is 6.47. The summed E-state index contributed by atoms with van der Waals surface area (Å²) in [5.74, 6) is 6.55. The van der Waals surface area contributed by atoms with E-state index in [0.717, 1.165) is 86.5 Å². The number of nitrogens with one attached hydrogen (secondary N) is 2. The Hall–Kier alpha value is -3.20. The molecule has 1 aliphatic carbocycles. The fraction of sp³-hybridized carbons (Fsp3) is 0.632. The second-order valence-corrected chi connectivity index (χ2v) is 14.6. The molecule has 1 aliphatic heterocycles. The number of ether oxygens (including phenoxy) is 1. The van der Waals surface area contributed by atoms with Gasteiger partial charge in [-0.3, -0.25) is 19.4 Å². The van der Waals surface area contributed by atoms with Gasteiger partial charge in [0.1, 0.15) is 0 Å². The van der Waals surface area contributed by atoms with Crippen molar-refractivity contribution in [2.75, 3.05) is 58.3 Å². The summed E-state index contributed by atoms with van der Waals surface area (Å²) in [6.07, 6.45) is 2.84. The van der Waals surface area contributed by atoms with Gasteiger partial charge < -0.3 is 29.9 Å². The molecule has 1 aromatic heterocycles. The second-order valence-electron chi connectivity index (χ2n) is 14.6. The van der Waals surface area contributed by atoms with Crippen molar-refractivity contribution in [1.29, 1.82) is 0 Å². The molecule has 2 aliphatic rings. The van der Waals surface area contributed by atoms with Crippen molar-refractivity contribution in [2.24, 2.45) is 0 Å².